The lowest BCUT2D eigenvalue weighted by Crippen LogP contribution is -2.55. The Kier molecular flexibility index (Phi) is 11.1. The number of sulfonamides is 1. The van der Waals surface area contributed by atoms with Gasteiger partial charge in [0.15, 0.2) is 0 Å². The summed E-state index contributed by atoms with van der Waals surface area (Å²) < 4.78 is 26.1. The number of piperidine rings is 1. The molecular formula is C15H32ClN3O3S. The molecule has 1 fully saturated rings. The van der Waals surface area contributed by atoms with Crippen molar-refractivity contribution in [3.63, 3.8) is 0 Å². The van der Waals surface area contributed by atoms with Crippen molar-refractivity contribution >= 4 is 28.3 Å². The molecule has 1 amide bonds. The van der Waals surface area contributed by atoms with Crippen LogP contribution in [0.25, 0.3) is 0 Å². The Bertz CT molecular complexity index is 445. The van der Waals surface area contributed by atoms with E-state index in [1.165, 1.54) is 4.31 Å². The lowest BCUT2D eigenvalue weighted by Gasteiger charge is -2.34. The molecule has 1 aliphatic heterocycles. The van der Waals surface area contributed by atoms with Gasteiger partial charge in [0, 0.05) is 19.1 Å². The van der Waals surface area contributed by atoms with Crippen LogP contribution in [0, 0.1) is 0 Å². The number of carbonyl (C=O) groups excluding carboxylic acids is 1. The van der Waals surface area contributed by atoms with Crippen LogP contribution in [0.2, 0.25) is 0 Å². The summed E-state index contributed by atoms with van der Waals surface area (Å²) in [6, 6.07) is -0.633. The van der Waals surface area contributed by atoms with E-state index in [9.17, 15) is 13.2 Å². The van der Waals surface area contributed by atoms with Crippen LogP contribution in [0.1, 0.15) is 58.8 Å². The molecule has 1 heterocycles. The normalized spacial score (nSPS) is 20.6. The molecule has 6 nitrogen and oxygen atoms in total. The van der Waals surface area contributed by atoms with E-state index in [-0.39, 0.29) is 30.1 Å². The monoisotopic (exact) mass is 369 g/mol. The maximum absolute atomic E-state index is 12.5. The minimum atomic E-state index is -3.35. The van der Waals surface area contributed by atoms with Gasteiger partial charge in [0.2, 0.25) is 15.9 Å². The summed E-state index contributed by atoms with van der Waals surface area (Å²) in [6.45, 7) is 4.77. The lowest BCUT2D eigenvalue weighted by molar-refractivity contribution is -0.126. The van der Waals surface area contributed by atoms with Crippen molar-refractivity contribution in [2.45, 2.75) is 70.9 Å². The van der Waals surface area contributed by atoms with Crippen molar-refractivity contribution < 1.29 is 13.2 Å². The third-order valence-corrected chi connectivity index (χ3v) is 6.19. The summed E-state index contributed by atoms with van der Waals surface area (Å²) in [5.74, 6) is -0.0849. The fourth-order valence-electron chi connectivity index (χ4n) is 2.87. The van der Waals surface area contributed by atoms with Gasteiger partial charge in [-0.05, 0) is 25.7 Å². The van der Waals surface area contributed by atoms with Crippen LogP contribution in [-0.2, 0) is 14.8 Å². The van der Waals surface area contributed by atoms with Gasteiger partial charge in [-0.2, -0.15) is 4.31 Å². The number of nitrogens with two attached hydrogens (primary N) is 1. The molecule has 1 saturated heterocycles. The number of rotatable bonds is 9. The van der Waals surface area contributed by atoms with Gasteiger partial charge in [0.25, 0.3) is 0 Å². The first-order valence-corrected chi connectivity index (χ1v) is 10.1. The van der Waals surface area contributed by atoms with Crippen LogP contribution in [0.5, 0.6) is 0 Å². The maximum Gasteiger partial charge on any atom is 0.238 e. The molecule has 0 radical (unpaired) electrons. The number of carbonyl (C=O) groups is 1. The molecule has 0 aliphatic carbocycles. The highest BCUT2D eigenvalue weighted by atomic mass is 35.5. The molecule has 1 rings (SSSR count). The summed E-state index contributed by atoms with van der Waals surface area (Å²) in [7, 11) is -3.35. The molecule has 0 saturated carbocycles. The molecule has 23 heavy (non-hydrogen) atoms. The summed E-state index contributed by atoms with van der Waals surface area (Å²) in [4.78, 5) is 12.5. The molecule has 138 valence electrons. The number of amides is 1. The molecule has 1 aliphatic rings. The first-order valence-electron chi connectivity index (χ1n) is 8.46. The Hall–Kier alpha value is -0.370. The van der Waals surface area contributed by atoms with Crippen LogP contribution in [0.15, 0.2) is 0 Å². The van der Waals surface area contributed by atoms with Crippen LogP contribution < -0.4 is 11.1 Å². The predicted molar refractivity (Wildman–Crippen MR) is 96.2 cm³/mol. The minimum Gasteiger partial charge on any atom is -0.351 e. The van der Waals surface area contributed by atoms with Crippen molar-refractivity contribution in [2.24, 2.45) is 5.73 Å². The van der Waals surface area contributed by atoms with E-state index in [2.05, 4.69) is 12.2 Å². The number of nitrogens with zero attached hydrogens (tertiary/aromatic N) is 1. The summed E-state index contributed by atoms with van der Waals surface area (Å²) >= 11 is 0. The van der Waals surface area contributed by atoms with Crippen molar-refractivity contribution in [1.29, 1.82) is 0 Å². The van der Waals surface area contributed by atoms with Crippen LogP contribution in [-0.4, -0.2) is 49.6 Å². The van der Waals surface area contributed by atoms with E-state index in [4.69, 9.17) is 5.73 Å². The van der Waals surface area contributed by atoms with E-state index in [0.29, 0.717) is 25.9 Å². The second-order valence-electron chi connectivity index (χ2n) is 6.02. The highest BCUT2D eigenvalue weighted by Gasteiger charge is 2.36. The highest BCUT2D eigenvalue weighted by Crippen LogP contribution is 2.21. The third kappa shape index (κ3) is 6.95. The Morgan fingerprint density at radius 2 is 2.00 bits per heavy atom. The molecular weight excluding hydrogens is 338 g/mol. The number of hydrogen-bond acceptors (Lipinski definition) is 4. The highest BCUT2D eigenvalue weighted by molar-refractivity contribution is 7.89. The van der Waals surface area contributed by atoms with E-state index in [1.807, 2.05) is 6.92 Å². The zero-order valence-corrected chi connectivity index (χ0v) is 15.9. The molecule has 3 N–H and O–H groups in total. The quantitative estimate of drug-likeness (QED) is 0.646. The molecule has 0 aromatic rings. The van der Waals surface area contributed by atoms with Gasteiger partial charge in [-0.25, -0.2) is 8.42 Å². The molecule has 2 unspecified atom stereocenters. The molecule has 0 spiro atoms. The fourth-order valence-corrected chi connectivity index (χ4v) is 4.62. The van der Waals surface area contributed by atoms with Gasteiger partial charge in [0.05, 0.1) is 5.75 Å². The fraction of sp³-hybridized carbons (Fsp3) is 0.933. The SMILES string of the molecule is CCCCC(CN)NC(=O)C1CCCCN1S(=O)(=O)CCC.Cl. The second-order valence-corrected chi connectivity index (χ2v) is 8.06. The summed E-state index contributed by atoms with van der Waals surface area (Å²) in [5.41, 5.74) is 5.71. The van der Waals surface area contributed by atoms with E-state index < -0.39 is 16.1 Å². The van der Waals surface area contributed by atoms with Gasteiger partial charge < -0.3 is 11.1 Å². The Morgan fingerprint density at radius 3 is 2.57 bits per heavy atom. The van der Waals surface area contributed by atoms with Crippen LogP contribution >= 0.6 is 12.4 Å². The van der Waals surface area contributed by atoms with E-state index in [1.54, 1.807) is 0 Å². The zero-order chi connectivity index (χ0) is 16.6. The minimum absolute atomic E-state index is 0. The third-order valence-electron chi connectivity index (χ3n) is 4.11. The van der Waals surface area contributed by atoms with Crippen LogP contribution in [0.4, 0.5) is 0 Å². The molecule has 0 bridgehead atoms. The Balaban J connectivity index is 0.00000484. The summed E-state index contributed by atoms with van der Waals surface area (Å²) in [6.07, 6.45) is 5.76. The number of nitrogens with one attached hydrogen (secondary N) is 1. The largest absolute Gasteiger partial charge is 0.351 e. The molecule has 0 aromatic carbocycles. The predicted octanol–water partition coefficient (Wildman–Crippen LogP) is 1.64. The van der Waals surface area contributed by atoms with Gasteiger partial charge >= 0.3 is 0 Å². The molecule has 0 aromatic heterocycles. The smallest absolute Gasteiger partial charge is 0.238 e. The topological polar surface area (TPSA) is 92.5 Å². The second kappa shape index (κ2) is 11.2. The van der Waals surface area contributed by atoms with Crippen molar-refractivity contribution in [2.75, 3.05) is 18.8 Å². The first-order chi connectivity index (χ1) is 10.5. The first kappa shape index (κ1) is 22.6. The Morgan fingerprint density at radius 1 is 1.30 bits per heavy atom. The average Bonchev–Trinajstić information content (AvgIpc) is 2.51. The molecule has 8 heteroatoms. The van der Waals surface area contributed by atoms with E-state index in [0.717, 1.165) is 32.1 Å². The van der Waals surface area contributed by atoms with Crippen molar-refractivity contribution in [3.8, 4) is 0 Å². The van der Waals surface area contributed by atoms with Gasteiger partial charge in [-0.15, -0.1) is 12.4 Å². The van der Waals surface area contributed by atoms with Gasteiger partial charge in [-0.3, -0.25) is 4.79 Å². The number of hydrogen-bond donors (Lipinski definition) is 2. The number of unbranched alkanes of at least 4 members (excludes halogenated alkanes) is 1. The molecule has 2 atom stereocenters. The maximum atomic E-state index is 12.5. The van der Waals surface area contributed by atoms with E-state index >= 15 is 0 Å². The lowest BCUT2D eigenvalue weighted by atomic mass is 10.0. The van der Waals surface area contributed by atoms with Crippen molar-refractivity contribution in [1.82, 2.24) is 9.62 Å². The zero-order valence-electron chi connectivity index (χ0n) is 14.3. The van der Waals surface area contributed by atoms with Gasteiger partial charge in [-0.1, -0.05) is 33.1 Å². The number of halogens is 1. The summed E-state index contributed by atoms with van der Waals surface area (Å²) in [5, 5.41) is 2.95. The van der Waals surface area contributed by atoms with Crippen LogP contribution in [0.3, 0.4) is 0 Å². The van der Waals surface area contributed by atoms with Crippen molar-refractivity contribution in [3.05, 3.63) is 0 Å². The average molecular weight is 370 g/mol. The Labute approximate surface area is 147 Å². The standard InChI is InChI=1S/C15H31N3O3S.ClH/c1-3-5-8-13(12-16)17-15(19)14-9-6-7-10-18(14)22(20,21)11-4-2;/h13-14H,3-12,16H2,1-2H3,(H,17,19);1H. The van der Waals surface area contributed by atoms with Gasteiger partial charge in [0.1, 0.15) is 6.04 Å².